The van der Waals surface area contributed by atoms with Gasteiger partial charge < -0.3 is 29.6 Å². The van der Waals surface area contributed by atoms with Crippen molar-refractivity contribution in [2.75, 3.05) is 31.2 Å². The smallest absolute Gasteiger partial charge is 0.357 e. The highest BCUT2D eigenvalue weighted by Crippen LogP contribution is 2.38. The quantitative estimate of drug-likeness (QED) is 0.362. The molecule has 2 aromatic heterocycles. The molecule has 0 fully saturated rings. The highest BCUT2D eigenvalue weighted by atomic mass is 32.2. The molecule has 35 heavy (non-hydrogen) atoms. The fraction of sp³-hybridized carbons (Fsp3) is 0.300. The maximum absolute atomic E-state index is 13.1. The fourth-order valence-electron chi connectivity index (χ4n) is 3.40. The van der Waals surface area contributed by atoms with Crippen molar-refractivity contribution in [2.45, 2.75) is 12.5 Å². The molecule has 1 aliphatic heterocycles. The highest BCUT2D eigenvalue weighted by molar-refractivity contribution is 7.90. The summed E-state index contributed by atoms with van der Waals surface area (Å²) >= 11 is 0.934. The van der Waals surface area contributed by atoms with Gasteiger partial charge in [-0.3, -0.25) is 9.36 Å². The van der Waals surface area contributed by atoms with Crippen molar-refractivity contribution in [2.24, 2.45) is 0 Å². The van der Waals surface area contributed by atoms with Crippen LogP contribution in [0.3, 0.4) is 0 Å². The second-order valence-corrected chi connectivity index (χ2v) is 10.6. The average molecular weight is 525 g/mol. The summed E-state index contributed by atoms with van der Waals surface area (Å²) in [6.07, 6.45) is 0.676. The van der Waals surface area contributed by atoms with Crippen LogP contribution in [0.25, 0.3) is 11.3 Å². The van der Waals surface area contributed by atoms with E-state index >= 15 is 0 Å². The van der Waals surface area contributed by atoms with Gasteiger partial charge in [-0.15, -0.1) is 11.3 Å². The lowest BCUT2D eigenvalue weighted by atomic mass is 10.1. The number of carbonyl (C=O) groups excluding carboxylic acids is 2. The van der Waals surface area contributed by atoms with Crippen LogP contribution in [0.1, 0.15) is 23.0 Å². The minimum atomic E-state index is -3.51. The molecule has 3 aromatic rings. The fourth-order valence-corrected chi connectivity index (χ4v) is 4.74. The number of carbonyl (C=O) groups is 2. The van der Waals surface area contributed by atoms with Crippen LogP contribution in [-0.2, 0) is 19.4 Å². The molecule has 1 atom stereocenters. The Morgan fingerprint density at radius 3 is 2.80 bits per heavy atom. The molecule has 15 heteroatoms. The molecule has 0 spiro atoms. The van der Waals surface area contributed by atoms with E-state index in [-0.39, 0.29) is 29.7 Å². The third-order valence-electron chi connectivity index (χ3n) is 5.07. The first-order valence-electron chi connectivity index (χ1n) is 10.0. The summed E-state index contributed by atoms with van der Waals surface area (Å²) < 4.78 is 39.5. The van der Waals surface area contributed by atoms with Gasteiger partial charge in [-0.25, -0.2) is 23.0 Å². The Bertz CT molecular complexity index is 1460. The Morgan fingerprint density at radius 2 is 2.09 bits per heavy atom. The predicted molar refractivity (Wildman–Crippen MR) is 124 cm³/mol. The van der Waals surface area contributed by atoms with Gasteiger partial charge in [-0.05, 0) is 24.6 Å². The first-order chi connectivity index (χ1) is 16.6. The monoisotopic (exact) mass is 524 g/mol. The van der Waals surface area contributed by atoms with E-state index in [1.54, 1.807) is 18.2 Å². The van der Waals surface area contributed by atoms with Crippen molar-refractivity contribution in [1.82, 2.24) is 14.5 Å². The molecule has 4 rings (SSSR count). The second-order valence-electron chi connectivity index (χ2n) is 7.52. The normalized spacial score (nSPS) is 13.4. The lowest BCUT2D eigenvalue weighted by Crippen LogP contribution is -2.33. The van der Waals surface area contributed by atoms with Crippen LogP contribution in [0.4, 0.5) is 5.13 Å². The number of aromatic nitrogens is 3. The lowest BCUT2D eigenvalue weighted by Gasteiger charge is -2.17. The number of nitrogens with zero attached hydrogens (tertiary/aromatic N) is 2. The first-order valence-corrected chi connectivity index (χ1v) is 13.0. The molecule has 0 unspecified atom stereocenters. The van der Waals surface area contributed by atoms with Crippen LogP contribution < -0.4 is 20.5 Å². The predicted octanol–water partition coefficient (Wildman–Crippen LogP) is 1.14. The molecule has 0 radical (unpaired) electrons. The lowest BCUT2D eigenvalue weighted by molar-refractivity contribution is -0.119. The summed E-state index contributed by atoms with van der Waals surface area (Å²) in [6.45, 7) is 0.0322. The summed E-state index contributed by atoms with van der Waals surface area (Å²) in [7, 11) is -2.33. The third-order valence-corrected chi connectivity index (χ3v) is 6.80. The van der Waals surface area contributed by atoms with Crippen LogP contribution in [-0.4, -0.2) is 65.8 Å². The number of fused-ring (bicyclic) bond motifs is 1. The molecule has 0 aliphatic carbocycles. The zero-order valence-corrected chi connectivity index (χ0v) is 20.1. The number of amides is 1. The number of imidazole rings is 1. The summed E-state index contributed by atoms with van der Waals surface area (Å²) in [5, 5.41) is 14.7. The summed E-state index contributed by atoms with van der Waals surface area (Å²) in [6, 6.07) is 3.31. The Morgan fingerprint density at radius 1 is 1.34 bits per heavy atom. The maximum Gasteiger partial charge on any atom is 0.357 e. The number of ether oxygens (including phenoxy) is 3. The highest BCUT2D eigenvalue weighted by Gasteiger charge is 2.30. The zero-order chi connectivity index (χ0) is 25.3. The van der Waals surface area contributed by atoms with E-state index in [9.17, 15) is 27.9 Å². The van der Waals surface area contributed by atoms with Crippen LogP contribution in [0.15, 0.2) is 28.4 Å². The summed E-state index contributed by atoms with van der Waals surface area (Å²) in [4.78, 5) is 44.0. The number of rotatable bonds is 8. The molecule has 0 saturated heterocycles. The number of H-pyrrole nitrogens is 1. The number of nitrogens with one attached hydrogen (secondary N) is 2. The largest absolute Gasteiger partial charge is 0.493 e. The van der Waals surface area contributed by atoms with Crippen molar-refractivity contribution in [1.29, 1.82) is 0 Å². The molecule has 13 nitrogen and oxygen atoms in total. The van der Waals surface area contributed by atoms with E-state index < -0.39 is 45.1 Å². The molecule has 3 heterocycles. The van der Waals surface area contributed by atoms with Gasteiger partial charge in [-0.1, -0.05) is 0 Å². The van der Waals surface area contributed by atoms with Crippen LogP contribution >= 0.6 is 11.3 Å². The van der Waals surface area contributed by atoms with Gasteiger partial charge in [0.2, 0.25) is 18.6 Å². The standard InChI is InChI=1S/C20H20N4O9S2/c1-31-18(27)11-8-34-19(21-11)23-16(25)12(5-6-35(2,29)30)24-17(26)15(22-20(24)28)10-3-4-13-14(7-10)33-9-32-13/h3-4,7-8,12,26H,5-6,9H2,1-2H3,(H,22,28)(H,21,23,25)/t12-/m0/s1. The number of benzene rings is 1. The Hall–Kier alpha value is -3.85. The van der Waals surface area contributed by atoms with Gasteiger partial charge in [0.05, 0.1) is 12.9 Å². The van der Waals surface area contributed by atoms with E-state index in [4.69, 9.17) is 9.47 Å². The Labute approximate surface area is 202 Å². The van der Waals surface area contributed by atoms with E-state index in [2.05, 4.69) is 20.0 Å². The van der Waals surface area contributed by atoms with Crippen molar-refractivity contribution in [3.8, 4) is 28.6 Å². The third kappa shape index (κ3) is 5.14. The summed E-state index contributed by atoms with van der Waals surface area (Å²) in [5.41, 5.74) is -0.481. The number of aromatic hydroxyl groups is 1. The number of hydrogen-bond donors (Lipinski definition) is 3. The number of hydrogen-bond acceptors (Lipinski definition) is 11. The van der Waals surface area contributed by atoms with Gasteiger partial charge >= 0.3 is 11.7 Å². The number of esters is 1. The molecule has 0 bridgehead atoms. The molecule has 186 valence electrons. The van der Waals surface area contributed by atoms with E-state index in [1.807, 2.05) is 0 Å². The van der Waals surface area contributed by atoms with Crippen LogP contribution in [0.5, 0.6) is 17.4 Å². The number of sulfone groups is 1. The number of aromatic amines is 1. The van der Waals surface area contributed by atoms with Crippen LogP contribution in [0, 0.1) is 0 Å². The molecule has 0 saturated carbocycles. The van der Waals surface area contributed by atoms with Gasteiger partial charge in [0.15, 0.2) is 22.3 Å². The van der Waals surface area contributed by atoms with E-state index in [0.29, 0.717) is 17.1 Å². The van der Waals surface area contributed by atoms with E-state index in [1.165, 1.54) is 12.5 Å². The number of methoxy groups -OCH3 is 1. The van der Waals surface area contributed by atoms with Crippen molar-refractivity contribution >= 4 is 38.2 Å². The van der Waals surface area contributed by atoms with Crippen molar-refractivity contribution in [3.63, 3.8) is 0 Å². The molecule has 3 N–H and O–H groups in total. The molecule has 1 aromatic carbocycles. The second kappa shape index (κ2) is 9.42. The Kier molecular flexibility index (Phi) is 6.53. The number of thiazole rings is 1. The topological polar surface area (TPSA) is 179 Å². The molecule has 1 aliphatic rings. The van der Waals surface area contributed by atoms with Gasteiger partial charge in [0.25, 0.3) is 0 Å². The summed E-state index contributed by atoms with van der Waals surface area (Å²) in [5.74, 6) is -1.62. The minimum Gasteiger partial charge on any atom is -0.493 e. The van der Waals surface area contributed by atoms with Crippen molar-refractivity contribution in [3.05, 3.63) is 39.8 Å². The maximum atomic E-state index is 13.1. The van der Waals surface area contributed by atoms with Gasteiger partial charge in [-0.2, -0.15) is 0 Å². The van der Waals surface area contributed by atoms with Crippen molar-refractivity contribution < 1.29 is 37.3 Å². The van der Waals surface area contributed by atoms with E-state index in [0.717, 1.165) is 22.2 Å². The van der Waals surface area contributed by atoms with Crippen LogP contribution in [0.2, 0.25) is 0 Å². The molecular weight excluding hydrogens is 504 g/mol. The zero-order valence-electron chi connectivity index (χ0n) is 18.4. The SMILES string of the molecule is COC(=O)c1csc(NC(=O)[C@H](CCS(C)(=O)=O)n2c(O)c(-c3ccc4c(c3)OCO4)[nH]c2=O)n1. The minimum absolute atomic E-state index is 0.00711. The van der Waals surface area contributed by atoms with Gasteiger partial charge in [0, 0.05) is 17.2 Å². The molecule has 1 amide bonds. The Balaban J connectivity index is 1.68. The molecular formula is C20H20N4O9S2. The average Bonchev–Trinajstić information content (AvgIpc) is 3.52. The first kappa shape index (κ1) is 24.3. The number of anilines is 1. The van der Waals surface area contributed by atoms with Gasteiger partial charge in [0.1, 0.15) is 21.6 Å².